The molecule has 1 aliphatic carbocycles. The summed E-state index contributed by atoms with van der Waals surface area (Å²) in [5.74, 6) is 0.322. The first-order valence-electron chi connectivity index (χ1n) is 6.28. The summed E-state index contributed by atoms with van der Waals surface area (Å²) >= 11 is 0. The second kappa shape index (κ2) is 4.99. The van der Waals surface area contributed by atoms with Crippen molar-refractivity contribution >= 4 is 22.9 Å². The Bertz CT molecular complexity index is 686. The van der Waals surface area contributed by atoms with E-state index >= 15 is 0 Å². The normalized spacial score (nSPS) is 11.2. The van der Waals surface area contributed by atoms with E-state index in [0.717, 1.165) is 0 Å². The molecule has 0 heterocycles. The molecule has 0 saturated heterocycles. The second-order valence-corrected chi connectivity index (χ2v) is 4.46. The number of phenols is 1. The Kier molecular flexibility index (Phi) is 3.03. The molecule has 0 saturated carbocycles. The van der Waals surface area contributed by atoms with E-state index in [1.165, 1.54) is 21.9 Å². The highest BCUT2D eigenvalue weighted by Gasteiger charge is 2.06. The van der Waals surface area contributed by atoms with E-state index in [1.807, 2.05) is 6.07 Å². The molecule has 0 unspecified atom stereocenters. The van der Waals surface area contributed by atoms with E-state index in [2.05, 4.69) is 48.6 Å². The zero-order chi connectivity index (χ0) is 13.1. The van der Waals surface area contributed by atoms with Crippen molar-refractivity contribution in [3.63, 3.8) is 0 Å². The number of phenolic OH excluding ortho intramolecular Hbond substituents is 1. The molecule has 1 aliphatic rings. The summed E-state index contributed by atoms with van der Waals surface area (Å²) in [6.07, 6.45) is 4.36. The van der Waals surface area contributed by atoms with E-state index in [-0.39, 0.29) is 0 Å². The molecule has 0 aromatic heterocycles. The van der Waals surface area contributed by atoms with Gasteiger partial charge in [0.2, 0.25) is 0 Å². The van der Waals surface area contributed by atoms with Crippen LogP contribution < -0.4 is 0 Å². The lowest BCUT2D eigenvalue weighted by Gasteiger charge is -1.99. The molecule has 0 spiro atoms. The number of rotatable bonds is 0. The van der Waals surface area contributed by atoms with Crippen LogP contribution in [0.4, 0.5) is 0 Å². The van der Waals surface area contributed by atoms with Gasteiger partial charge in [-0.15, -0.1) is 0 Å². The lowest BCUT2D eigenvalue weighted by molar-refractivity contribution is 0.475. The molecule has 0 amide bonds. The Balaban J connectivity index is 0.000000136. The molecule has 1 N–H and O–H groups in total. The molecular weight excluding hydrogens is 232 g/mol. The highest BCUT2D eigenvalue weighted by Crippen LogP contribution is 2.30. The Morgan fingerprint density at radius 2 is 1.16 bits per heavy atom. The smallest absolute Gasteiger partial charge is 0.115 e. The second-order valence-electron chi connectivity index (χ2n) is 4.46. The van der Waals surface area contributed by atoms with Crippen LogP contribution in [0.25, 0.3) is 22.9 Å². The van der Waals surface area contributed by atoms with Crippen LogP contribution >= 0.6 is 0 Å². The lowest BCUT2D eigenvalue weighted by Crippen LogP contribution is -1.76. The van der Waals surface area contributed by atoms with Crippen molar-refractivity contribution in [2.24, 2.45) is 0 Å². The first-order valence-corrected chi connectivity index (χ1v) is 6.28. The van der Waals surface area contributed by atoms with E-state index in [9.17, 15) is 0 Å². The van der Waals surface area contributed by atoms with Gasteiger partial charge in [0.1, 0.15) is 5.75 Å². The SMILES string of the molecule is C1=Cc2cccc3cccc1c23.Oc1ccccc1. The highest BCUT2D eigenvalue weighted by atomic mass is 16.3. The predicted molar refractivity (Wildman–Crippen MR) is 81.0 cm³/mol. The quantitative estimate of drug-likeness (QED) is 0.476. The third-order valence-corrected chi connectivity index (χ3v) is 3.17. The zero-order valence-electron chi connectivity index (χ0n) is 10.5. The third-order valence-electron chi connectivity index (χ3n) is 3.17. The van der Waals surface area contributed by atoms with Crippen LogP contribution in [-0.2, 0) is 0 Å². The molecule has 3 aromatic rings. The maximum Gasteiger partial charge on any atom is 0.115 e. The van der Waals surface area contributed by atoms with Gasteiger partial charge >= 0.3 is 0 Å². The summed E-state index contributed by atoms with van der Waals surface area (Å²) in [5.41, 5.74) is 2.70. The fourth-order valence-electron chi connectivity index (χ4n) is 2.29. The van der Waals surface area contributed by atoms with Crippen molar-refractivity contribution in [2.75, 3.05) is 0 Å². The molecule has 1 nitrogen and oxygen atoms in total. The van der Waals surface area contributed by atoms with Gasteiger partial charge in [0, 0.05) is 0 Å². The van der Waals surface area contributed by atoms with Crippen LogP contribution in [0.3, 0.4) is 0 Å². The van der Waals surface area contributed by atoms with Crippen LogP contribution in [0, 0.1) is 0 Å². The third kappa shape index (κ3) is 2.36. The molecule has 0 radical (unpaired) electrons. The van der Waals surface area contributed by atoms with Gasteiger partial charge in [0.15, 0.2) is 0 Å². The van der Waals surface area contributed by atoms with Gasteiger partial charge in [0.05, 0.1) is 0 Å². The van der Waals surface area contributed by atoms with Crippen LogP contribution in [0.1, 0.15) is 11.1 Å². The van der Waals surface area contributed by atoms with Crippen LogP contribution in [-0.4, -0.2) is 5.11 Å². The number of para-hydroxylation sites is 1. The van der Waals surface area contributed by atoms with Crippen molar-refractivity contribution in [1.29, 1.82) is 0 Å². The molecular formula is C18H14O. The topological polar surface area (TPSA) is 20.2 Å². The first-order chi connectivity index (χ1) is 9.34. The molecule has 0 bridgehead atoms. The first kappa shape index (κ1) is 11.5. The Morgan fingerprint density at radius 1 is 0.579 bits per heavy atom. The van der Waals surface area contributed by atoms with Crippen molar-refractivity contribution < 1.29 is 5.11 Å². The van der Waals surface area contributed by atoms with Gasteiger partial charge in [-0.3, -0.25) is 0 Å². The van der Waals surface area contributed by atoms with Gasteiger partial charge in [-0.05, 0) is 34.0 Å². The molecule has 92 valence electrons. The van der Waals surface area contributed by atoms with Crippen molar-refractivity contribution in [2.45, 2.75) is 0 Å². The average molecular weight is 246 g/mol. The van der Waals surface area contributed by atoms with E-state index in [0.29, 0.717) is 5.75 Å². The standard InChI is InChI=1S/C12H8.C6H6O/c1-3-9-4-2-6-11-8-7-10(5-1)12(9)11;7-6-4-2-1-3-5-6/h1-8H;1-5,7H. The maximum absolute atomic E-state index is 8.63. The number of hydrogen-bond acceptors (Lipinski definition) is 1. The van der Waals surface area contributed by atoms with Gasteiger partial charge < -0.3 is 5.11 Å². The largest absolute Gasteiger partial charge is 0.508 e. The summed E-state index contributed by atoms with van der Waals surface area (Å²) in [6.45, 7) is 0. The molecule has 1 heteroatoms. The average Bonchev–Trinajstić information content (AvgIpc) is 2.87. The van der Waals surface area contributed by atoms with Crippen molar-refractivity contribution in [1.82, 2.24) is 0 Å². The van der Waals surface area contributed by atoms with E-state index < -0.39 is 0 Å². The van der Waals surface area contributed by atoms with Crippen LogP contribution in [0.5, 0.6) is 5.75 Å². The molecule has 0 atom stereocenters. The summed E-state index contributed by atoms with van der Waals surface area (Å²) in [6, 6.07) is 21.6. The van der Waals surface area contributed by atoms with Crippen molar-refractivity contribution in [3.8, 4) is 5.75 Å². The van der Waals surface area contributed by atoms with Crippen molar-refractivity contribution in [3.05, 3.63) is 77.9 Å². The predicted octanol–water partition coefficient (Wildman–Crippen LogP) is 4.72. The Morgan fingerprint density at radius 3 is 1.63 bits per heavy atom. The highest BCUT2D eigenvalue weighted by molar-refractivity contribution is 6.04. The monoisotopic (exact) mass is 246 g/mol. The summed E-state index contributed by atoms with van der Waals surface area (Å²) in [5, 5.41) is 11.4. The van der Waals surface area contributed by atoms with E-state index in [1.54, 1.807) is 24.3 Å². The molecule has 0 aliphatic heterocycles. The minimum atomic E-state index is 0.322. The van der Waals surface area contributed by atoms with Gasteiger partial charge in [-0.2, -0.15) is 0 Å². The van der Waals surface area contributed by atoms with Crippen LogP contribution in [0.2, 0.25) is 0 Å². The van der Waals surface area contributed by atoms with Gasteiger partial charge in [-0.25, -0.2) is 0 Å². The summed E-state index contributed by atoms with van der Waals surface area (Å²) in [4.78, 5) is 0. The minimum absolute atomic E-state index is 0.322. The molecule has 3 aromatic carbocycles. The number of aromatic hydroxyl groups is 1. The zero-order valence-corrected chi connectivity index (χ0v) is 10.5. The van der Waals surface area contributed by atoms with E-state index in [4.69, 9.17) is 5.11 Å². The van der Waals surface area contributed by atoms with Gasteiger partial charge in [0.25, 0.3) is 0 Å². The number of hydrogen-bond donors (Lipinski definition) is 1. The maximum atomic E-state index is 8.63. The van der Waals surface area contributed by atoms with Gasteiger partial charge in [-0.1, -0.05) is 66.7 Å². The summed E-state index contributed by atoms with van der Waals surface area (Å²) < 4.78 is 0. The molecule has 19 heavy (non-hydrogen) atoms. The number of benzene rings is 3. The summed E-state index contributed by atoms with van der Waals surface area (Å²) in [7, 11) is 0. The molecule has 0 fully saturated rings. The minimum Gasteiger partial charge on any atom is -0.508 e. The van der Waals surface area contributed by atoms with Crippen LogP contribution in [0.15, 0.2) is 66.7 Å². The fraction of sp³-hybridized carbons (Fsp3) is 0. The fourth-order valence-corrected chi connectivity index (χ4v) is 2.29. The Hall–Kier alpha value is -2.54. The Labute approximate surface area is 112 Å². The molecule has 4 rings (SSSR count). The lowest BCUT2D eigenvalue weighted by atomic mass is 10.0.